The van der Waals surface area contributed by atoms with Gasteiger partial charge in [0.2, 0.25) is 0 Å². The second-order valence-electron chi connectivity index (χ2n) is 8.99. The van der Waals surface area contributed by atoms with Crippen molar-refractivity contribution in [1.29, 1.82) is 0 Å². The van der Waals surface area contributed by atoms with Crippen LogP contribution < -0.4 is 4.74 Å². The number of nitrogens with zero attached hydrogens (tertiary/aromatic N) is 1. The van der Waals surface area contributed by atoms with E-state index in [1.165, 1.54) is 62.7 Å². The van der Waals surface area contributed by atoms with Crippen LogP contribution in [0.5, 0.6) is 5.75 Å². The molecule has 2 saturated carbocycles. The van der Waals surface area contributed by atoms with Gasteiger partial charge in [-0.25, -0.2) is 0 Å². The van der Waals surface area contributed by atoms with Crippen LogP contribution in [0.2, 0.25) is 5.02 Å². The van der Waals surface area contributed by atoms with Gasteiger partial charge in [0.1, 0.15) is 5.75 Å². The molecule has 0 amide bonds. The summed E-state index contributed by atoms with van der Waals surface area (Å²) in [5.41, 5.74) is 3.65. The van der Waals surface area contributed by atoms with E-state index in [1.807, 2.05) is 12.1 Å². The van der Waals surface area contributed by atoms with Gasteiger partial charge in [-0.15, -0.1) is 0 Å². The van der Waals surface area contributed by atoms with Crippen LogP contribution >= 0.6 is 11.6 Å². The SMILES string of the molecule is COc1ccc(-c2ccccc2Cl)cc1C1CCN([C@H]2C[C@H]3CC[C@H]2C3)CC1. The highest BCUT2D eigenvalue weighted by molar-refractivity contribution is 6.33. The lowest BCUT2D eigenvalue weighted by Crippen LogP contribution is -2.43. The monoisotopic (exact) mass is 395 g/mol. The first-order valence-electron chi connectivity index (χ1n) is 10.9. The molecule has 1 saturated heterocycles. The molecule has 0 aromatic heterocycles. The molecule has 148 valence electrons. The third-order valence-electron chi connectivity index (χ3n) is 7.55. The number of hydrogen-bond acceptors (Lipinski definition) is 2. The largest absolute Gasteiger partial charge is 0.496 e. The molecule has 0 N–H and O–H groups in total. The zero-order valence-electron chi connectivity index (χ0n) is 16.7. The Bertz CT molecular complexity index is 842. The maximum atomic E-state index is 6.46. The highest BCUT2D eigenvalue weighted by atomic mass is 35.5. The van der Waals surface area contributed by atoms with Crippen LogP contribution in [0.15, 0.2) is 42.5 Å². The van der Waals surface area contributed by atoms with Crippen molar-refractivity contribution in [3.63, 3.8) is 0 Å². The Kier molecular flexibility index (Phi) is 5.11. The summed E-state index contributed by atoms with van der Waals surface area (Å²) in [4.78, 5) is 2.81. The molecule has 2 nitrogen and oxygen atoms in total. The van der Waals surface area contributed by atoms with Gasteiger partial charge in [0.05, 0.1) is 7.11 Å². The van der Waals surface area contributed by atoms with Gasteiger partial charge in [-0.3, -0.25) is 0 Å². The maximum Gasteiger partial charge on any atom is 0.122 e. The van der Waals surface area contributed by atoms with Gasteiger partial charge in [0.15, 0.2) is 0 Å². The standard InChI is InChI=1S/C25H30ClNO/c1-28-25-9-8-19(21-4-2-3-5-23(21)26)16-22(25)18-10-12-27(13-11-18)24-15-17-6-7-20(24)14-17/h2-5,8-9,16-18,20,24H,6-7,10-15H2,1H3/t17-,20-,24-/m0/s1. The van der Waals surface area contributed by atoms with Crippen molar-refractivity contribution in [3.05, 3.63) is 53.1 Å². The summed E-state index contributed by atoms with van der Waals surface area (Å²) in [6, 6.07) is 15.6. The Hall–Kier alpha value is -1.51. The molecular weight excluding hydrogens is 366 g/mol. The third kappa shape index (κ3) is 3.35. The Morgan fingerprint density at radius 3 is 2.46 bits per heavy atom. The molecule has 3 heteroatoms. The number of halogens is 1. The maximum absolute atomic E-state index is 6.46. The van der Waals surface area contributed by atoms with Gasteiger partial charge in [0.25, 0.3) is 0 Å². The topological polar surface area (TPSA) is 12.5 Å². The summed E-state index contributed by atoms with van der Waals surface area (Å²) >= 11 is 6.46. The first-order valence-corrected chi connectivity index (χ1v) is 11.3. The zero-order valence-corrected chi connectivity index (χ0v) is 17.5. The van der Waals surface area contributed by atoms with E-state index in [2.05, 4.69) is 35.2 Å². The molecular formula is C25H30ClNO. The molecule has 3 aliphatic rings. The van der Waals surface area contributed by atoms with Crippen molar-refractivity contribution < 1.29 is 4.74 Å². The lowest BCUT2D eigenvalue weighted by Gasteiger charge is -2.40. The van der Waals surface area contributed by atoms with Crippen LogP contribution in [-0.4, -0.2) is 31.1 Å². The lowest BCUT2D eigenvalue weighted by atomic mass is 9.85. The minimum absolute atomic E-state index is 0.576. The number of methoxy groups -OCH3 is 1. The minimum atomic E-state index is 0.576. The van der Waals surface area contributed by atoms with E-state index < -0.39 is 0 Å². The number of fused-ring (bicyclic) bond motifs is 2. The van der Waals surface area contributed by atoms with Crippen molar-refractivity contribution in [2.24, 2.45) is 11.8 Å². The summed E-state index contributed by atoms with van der Waals surface area (Å²) in [6.45, 7) is 2.47. The predicted molar refractivity (Wildman–Crippen MR) is 116 cm³/mol. The second kappa shape index (κ2) is 7.72. The predicted octanol–water partition coefficient (Wildman–Crippen LogP) is 6.38. The van der Waals surface area contributed by atoms with Crippen molar-refractivity contribution in [2.45, 2.75) is 50.5 Å². The van der Waals surface area contributed by atoms with Crippen molar-refractivity contribution in [2.75, 3.05) is 20.2 Å². The quantitative estimate of drug-likeness (QED) is 0.595. The van der Waals surface area contributed by atoms with Gasteiger partial charge in [-0.05, 0) is 92.3 Å². The fraction of sp³-hybridized carbons (Fsp3) is 0.520. The van der Waals surface area contributed by atoms with E-state index in [9.17, 15) is 0 Å². The summed E-state index contributed by atoms with van der Waals surface area (Å²) in [6.07, 6.45) is 8.39. The molecule has 2 aromatic rings. The minimum Gasteiger partial charge on any atom is -0.496 e. The molecule has 0 spiro atoms. The Labute approximate surface area is 173 Å². The molecule has 1 heterocycles. The van der Waals surface area contributed by atoms with Gasteiger partial charge in [-0.2, -0.15) is 0 Å². The number of piperidine rings is 1. The fourth-order valence-electron chi connectivity index (χ4n) is 6.12. The fourth-order valence-corrected chi connectivity index (χ4v) is 6.36. The molecule has 2 aromatic carbocycles. The smallest absolute Gasteiger partial charge is 0.122 e. The molecule has 2 aliphatic carbocycles. The van der Waals surface area contributed by atoms with E-state index in [0.717, 1.165) is 34.2 Å². The van der Waals surface area contributed by atoms with Gasteiger partial charge >= 0.3 is 0 Å². The van der Waals surface area contributed by atoms with E-state index in [4.69, 9.17) is 16.3 Å². The van der Waals surface area contributed by atoms with Gasteiger partial charge < -0.3 is 9.64 Å². The van der Waals surface area contributed by atoms with Crippen LogP contribution in [0.4, 0.5) is 0 Å². The highest BCUT2D eigenvalue weighted by Crippen LogP contribution is 2.48. The van der Waals surface area contributed by atoms with E-state index in [1.54, 1.807) is 7.11 Å². The third-order valence-corrected chi connectivity index (χ3v) is 7.88. The number of ether oxygens (including phenoxy) is 1. The molecule has 28 heavy (non-hydrogen) atoms. The van der Waals surface area contributed by atoms with Crippen LogP contribution in [0.3, 0.4) is 0 Å². The van der Waals surface area contributed by atoms with Crippen LogP contribution in [0, 0.1) is 11.8 Å². The van der Waals surface area contributed by atoms with E-state index >= 15 is 0 Å². The van der Waals surface area contributed by atoms with Crippen LogP contribution in [0.1, 0.15) is 50.0 Å². The molecule has 2 bridgehead atoms. The number of hydrogen-bond donors (Lipinski definition) is 0. The van der Waals surface area contributed by atoms with Crippen molar-refractivity contribution >= 4 is 11.6 Å². The summed E-state index contributed by atoms with van der Waals surface area (Å²) in [7, 11) is 1.79. The van der Waals surface area contributed by atoms with Gasteiger partial charge in [0, 0.05) is 16.6 Å². The van der Waals surface area contributed by atoms with Crippen molar-refractivity contribution in [3.8, 4) is 16.9 Å². The normalized spacial score (nSPS) is 28.0. The molecule has 0 unspecified atom stereocenters. The van der Waals surface area contributed by atoms with Crippen LogP contribution in [-0.2, 0) is 0 Å². The molecule has 3 atom stereocenters. The summed E-state index contributed by atoms with van der Waals surface area (Å²) < 4.78 is 5.74. The summed E-state index contributed by atoms with van der Waals surface area (Å²) in [5.74, 6) is 3.61. The number of benzene rings is 2. The zero-order chi connectivity index (χ0) is 19.1. The lowest BCUT2D eigenvalue weighted by molar-refractivity contribution is 0.110. The first-order chi connectivity index (χ1) is 13.7. The number of likely N-dealkylation sites (tertiary alicyclic amines) is 1. The summed E-state index contributed by atoms with van der Waals surface area (Å²) in [5, 5.41) is 0.810. The average Bonchev–Trinajstić information content (AvgIpc) is 3.38. The highest BCUT2D eigenvalue weighted by Gasteiger charge is 2.43. The number of rotatable bonds is 4. The Morgan fingerprint density at radius 2 is 1.79 bits per heavy atom. The molecule has 3 fully saturated rings. The van der Waals surface area contributed by atoms with Crippen LogP contribution in [0.25, 0.3) is 11.1 Å². The van der Waals surface area contributed by atoms with E-state index in [0.29, 0.717) is 5.92 Å². The van der Waals surface area contributed by atoms with Gasteiger partial charge in [-0.1, -0.05) is 42.3 Å². The molecule has 0 radical (unpaired) electrons. The average molecular weight is 396 g/mol. The Morgan fingerprint density at radius 1 is 0.964 bits per heavy atom. The first kappa shape index (κ1) is 18.5. The molecule has 1 aliphatic heterocycles. The Balaban J connectivity index is 1.34. The van der Waals surface area contributed by atoms with E-state index in [-0.39, 0.29) is 0 Å². The van der Waals surface area contributed by atoms with Crippen molar-refractivity contribution in [1.82, 2.24) is 4.90 Å². The second-order valence-corrected chi connectivity index (χ2v) is 9.40. The molecule has 5 rings (SSSR count).